The van der Waals surface area contributed by atoms with Crippen LogP contribution in [-0.4, -0.2) is 47.8 Å². The predicted molar refractivity (Wildman–Crippen MR) is 37.4 cm³/mol. The molecule has 0 spiro atoms. The summed E-state index contributed by atoms with van der Waals surface area (Å²) in [5.74, 6) is -0.738. The molecule has 4 heteroatoms. The number of carboxylic acid groups (broad SMARTS) is 1. The van der Waals surface area contributed by atoms with Gasteiger partial charge in [0.05, 0.1) is 19.3 Å². The van der Waals surface area contributed by atoms with Gasteiger partial charge in [0.15, 0.2) is 0 Å². The molecule has 0 aliphatic carbocycles. The molecule has 0 unspecified atom stereocenters. The average molecular weight is 157 g/mol. The molecule has 0 saturated carbocycles. The molecule has 2 rings (SSSR count). The van der Waals surface area contributed by atoms with Gasteiger partial charge in [0.2, 0.25) is 0 Å². The SMILES string of the molecule is O=C(O)CN1C[C@H]2C[C@@H]1CO2. The van der Waals surface area contributed by atoms with Gasteiger partial charge in [-0.15, -0.1) is 0 Å². The van der Waals surface area contributed by atoms with E-state index in [0.717, 1.165) is 19.6 Å². The maximum atomic E-state index is 10.3. The number of morpholine rings is 1. The highest BCUT2D eigenvalue weighted by Crippen LogP contribution is 2.26. The third-order valence-corrected chi connectivity index (χ3v) is 2.35. The second kappa shape index (κ2) is 2.46. The molecule has 4 nitrogen and oxygen atoms in total. The van der Waals surface area contributed by atoms with Crippen molar-refractivity contribution in [3.8, 4) is 0 Å². The van der Waals surface area contributed by atoms with Crippen molar-refractivity contribution in [2.45, 2.75) is 18.6 Å². The zero-order valence-corrected chi connectivity index (χ0v) is 6.19. The lowest BCUT2D eigenvalue weighted by Crippen LogP contribution is -2.40. The van der Waals surface area contributed by atoms with Gasteiger partial charge >= 0.3 is 5.97 Å². The highest BCUT2D eigenvalue weighted by molar-refractivity contribution is 5.69. The van der Waals surface area contributed by atoms with E-state index in [0.29, 0.717) is 12.1 Å². The van der Waals surface area contributed by atoms with Crippen molar-refractivity contribution >= 4 is 5.97 Å². The van der Waals surface area contributed by atoms with E-state index in [2.05, 4.69) is 0 Å². The van der Waals surface area contributed by atoms with Crippen molar-refractivity contribution < 1.29 is 14.6 Å². The minimum Gasteiger partial charge on any atom is -0.480 e. The Kier molecular flexibility index (Phi) is 1.58. The number of hydrogen-bond acceptors (Lipinski definition) is 3. The number of ether oxygens (including phenoxy) is 1. The van der Waals surface area contributed by atoms with Crippen molar-refractivity contribution in [3.05, 3.63) is 0 Å². The Balaban J connectivity index is 1.92. The van der Waals surface area contributed by atoms with Crippen LogP contribution in [0.3, 0.4) is 0 Å². The predicted octanol–water partition coefficient (Wildman–Crippen LogP) is -0.456. The monoisotopic (exact) mass is 157 g/mol. The van der Waals surface area contributed by atoms with Gasteiger partial charge in [0.1, 0.15) is 0 Å². The summed E-state index contributed by atoms with van der Waals surface area (Å²) in [4.78, 5) is 12.3. The molecule has 11 heavy (non-hydrogen) atoms. The zero-order chi connectivity index (χ0) is 7.84. The fourth-order valence-electron chi connectivity index (χ4n) is 1.85. The number of likely N-dealkylation sites (tertiary alicyclic amines) is 1. The minimum absolute atomic E-state index is 0.171. The van der Waals surface area contributed by atoms with Gasteiger partial charge in [-0.05, 0) is 6.42 Å². The fraction of sp³-hybridized carbons (Fsp3) is 0.857. The third kappa shape index (κ3) is 1.23. The topological polar surface area (TPSA) is 49.8 Å². The van der Waals surface area contributed by atoms with Gasteiger partial charge in [0.25, 0.3) is 0 Å². The van der Waals surface area contributed by atoms with Crippen LogP contribution in [0.5, 0.6) is 0 Å². The molecule has 0 radical (unpaired) electrons. The van der Waals surface area contributed by atoms with Gasteiger partial charge in [-0.1, -0.05) is 0 Å². The molecule has 2 bridgehead atoms. The lowest BCUT2D eigenvalue weighted by molar-refractivity contribution is -0.139. The first kappa shape index (κ1) is 7.06. The number of nitrogens with zero attached hydrogens (tertiary/aromatic N) is 1. The maximum Gasteiger partial charge on any atom is 0.317 e. The summed E-state index contributed by atoms with van der Waals surface area (Å²) in [5, 5.41) is 8.52. The summed E-state index contributed by atoms with van der Waals surface area (Å²) < 4.78 is 5.33. The molecule has 0 amide bonds. The Labute approximate surface area is 64.7 Å². The number of aliphatic carboxylic acids is 1. The highest BCUT2D eigenvalue weighted by atomic mass is 16.5. The first-order valence-electron chi connectivity index (χ1n) is 3.83. The van der Waals surface area contributed by atoms with Crippen LogP contribution in [0.4, 0.5) is 0 Å². The molecule has 62 valence electrons. The Morgan fingerprint density at radius 2 is 2.55 bits per heavy atom. The van der Waals surface area contributed by atoms with Crippen molar-refractivity contribution in [2.24, 2.45) is 0 Å². The molecule has 1 N–H and O–H groups in total. The number of carboxylic acids is 1. The van der Waals surface area contributed by atoms with E-state index in [4.69, 9.17) is 9.84 Å². The van der Waals surface area contributed by atoms with E-state index in [1.165, 1.54) is 0 Å². The minimum atomic E-state index is -0.738. The van der Waals surface area contributed by atoms with Crippen molar-refractivity contribution in [2.75, 3.05) is 19.7 Å². The van der Waals surface area contributed by atoms with Gasteiger partial charge in [-0.25, -0.2) is 0 Å². The van der Waals surface area contributed by atoms with Gasteiger partial charge in [-0.2, -0.15) is 0 Å². The molecule has 2 aliphatic rings. The van der Waals surface area contributed by atoms with Crippen LogP contribution in [0.2, 0.25) is 0 Å². The summed E-state index contributed by atoms with van der Waals surface area (Å²) in [5.41, 5.74) is 0. The number of fused-ring (bicyclic) bond motifs is 2. The summed E-state index contributed by atoms with van der Waals surface area (Å²) >= 11 is 0. The van der Waals surface area contributed by atoms with E-state index in [-0.39, 0.29) is 6.54 Å². The summed E-state index contributed by atoms with van der Waals surface area (Å²) in [7, 11) is 0. The van der Waals surface area contributed by atoms with Gasteiger partial charge in [0, 0.05) is 12.6 Å². The van der Waals surface area contributed by atoms with E-state index in [1.54, 1.807) is 0 Å². The summed E-state index contributed by atoms with van der Waals surface area (Å²) in [6.45, 7) is 1.69. The Morgan fingerprint density at radius 1 is 1.73 bits per heavy atom. The standard InChI is InChI=1S/C7H11NO3/c9-7(10)3-8-2-6-1-5(8)4-11-6/h5-6H,1-4H2,(H,9,10)/t5-,6-/m1/s1. The Hall–Kier alpha value is -0.610. The lowest BCUT2D eigenvalue weighted by Gasteiger charge is -2.24. The van der Waals surface area contributed by atoms with Crippen LogP contribution in [0.15, 0.2) is 0 Å². The van der Waals surface area contributed by atoms with Crippen molar-refractivity contribution in [1.29, 1.82) is 0 Å². The molecular weight excluding hydrogens is 146 g/mol. The van der Waals surface area contributed by atoms with Crippen LogP contribution in [0.1, 0.15) is 6.42 Å². The quantitative estimate of drug-likeness (QED) is 0.589. The second-order valence-electron chi connectivity index (χ2n) is 3.17. The average Bonchev–Trinajstić information content (AvgIpc) is 2.45. The summed E-state index contributed by atoms with van der Waals surface area (Å²) in [6.07, 6.45) is 1.33. The van der Waals surface area contributed by atoms with Gasteiger partial charge in [-0.3, -0.25) is 9.69 Å². The van der Waals surface area contributed by atoms with E-state index >= 15 is 0 Å². The molecule has 2 aliphatic heterocycles. The van der Waals surface area contributed by atoms with Crippen molar-refractivity contribution in [3.63, 3.8) is 0 Å². The molecule has 2 fully saturated rings. The maximum absolute atomic E-state index is 10.3. The van der Waals surface area contributed by atoms with Crippen LogP contribution in [0.25, 0.3) is 0 Å². The molecular formula is C7H11NO3. The zero-order valence-electron chi connectivity index (χ0n) is 6.19. The molecule has 0 aromatic heterocycles. The number of hydrogen-bond donors (Lipinski definition) is 1. The van der Waals surface area contributed by atoms with E-state index < -0.39 is 5.97 Å². The number of carbonyl (C=O) groups is 1. The second-order valence-corrected chi connectivity index (χ2v) is 3.17. The third-order valence-electron chi connectivity index (χ3n) is 2.35. The lowest BCUT2D eigenvalue weighted by atomic mass is 10.2. The first-order chi connectivity index (χ1) is 5.25. The van der Waals surface area contributed by atoms with Crippen LogP contribution in [0, 0.1) is 0 Å². The van der Waals surface area contributed by atoms with E-state index in [1.807, 2.05) is 4.90 Å². The summed E-state index contributed by atoms with van der Waals surface area (Å²) in [6, 6.07) is 0.371. The van der Waals surface area contributed by atoms with E-state index in [9.17, 15) is 4.79 Å². The Morgan fingerprint density at radius 3 is 3.00 bits per heavy atom. The van der Waals surface area contributed by atoms with Crippen LogP contribution < -0.4 is 0 Å². The number of rotatable bonds is 2. The molecule has 0 aromatic carbocycles. The normalized spacial score (nSPS) is 36.4. The molecule has 2 heterocycles. The molecule has 2 atom stereocenters. The van der Waals surface area contributed by atoms with Gasteiger partial charge < -0.3 is 9.84 Å². The van der Waals surface area contributed by atoms with Crippen molar-refractivity contribution in [1.82, 2.24) is 4.90 Å². The largest absolute Gasteiger partial charge is 0.480 e. The first-order valence-corrected chi connectivity index (χ1v) is 3.83. The highest BCUT2D eigenvalue weighted by Gasteiger charge is 2.39. The van der Waals surface area contributed by atoms with Crippen LogP contribution >= 0.6 is 0 Å². The molecule has 0 aromatic rings. The smallest absolute Gasteiger partial charge is 0.317 e. The fourth-order valence-corrected chi connectivity index (χ4v) is 1.85. The van der Waals surface area contributed by atoms with Crippen LogP contribution in [-0.2, 0) is 9.53 Å². The Bertz CT molecular complexity index is 183. The molecule has 2 saturated heterocycles.